The number of nitrogens with zero attached hydrogens (tertiary/aromatic N) is 1. The molecule has 1 aromatic heterocycles. The zero-order valence-electron chi connectivity index (χ0n) is 14.1. The normalized spacial score (nSPS) is 12.0. The summed E-state index contributed by atoms with van der Waals surface area (Å²) in [7, 11) is 3.41. The number of hydrogen-bond donors (Lipinski definition) is 2. The lowest BCUT2D eigenvalue weighted by Gasteiger charge is -2.17. The molecule has 1 aromatic carbocycles. The third-order valence-corrected chi connectivity index (χ3v) is 3.95. The molecule has 0 fully saturated rings. The maximum Gasteiger partial charge on any atom is 0.191 e. The van der Waals surface area contributed by atoms with E-state index in [-0.39, 0.29) is 30.1 Å². The van der Waals surface area contributed by atoms with Crippen LogP contribution < -0.4 is 20.1 Å². The summed E-state index contributed by atoms with van der Waals surface area (Å²) in [5.41, 5.74) is 1.25. The molecule has 0 aliphatic carbocycles. The van der Waals surface area contributed by atoms with Crippen LogP contribution in [0.3, 0.4) is 0 Å². The van der Waals surface area contributed by atoms with Crippen LogP contribution in [0.5, 0.6) is 11.5 Å². The van der Waals surface area contributed by atoms with E-state index in [0.717, 1.165) is 24.0 Å². The van der Waals surface area contributed by atoms with Crippen LogP contribution >= 0.6 is 35.3 Å². The Balaban J connectivity index is 0.00000288. The molecule has 0 radical (unpaired) electrons. The first kappa shape index (κ1) is 20.6. The van der Waals surface area contributed by atoms with Gasteiger partial charge in [0.05, 0.1) is 13.7 Å². The van der Waals surface area contributed by atoms with E-state index in [1.807, 2.05) is 31.2 Å². The molecule has 132 valence electrons. The van der Waals surface area contributed by atoms with E-state index < -0.39 is 0 Å². The second-order valence-corrected chi connectivity index (χ2v) is 5.82. The highest BCUT2D eigenvalue weighted by Crippen LogP contribution is 2.17. The topological polar surface area (TPSA) is 54.9 Å². The second kappa shape index (κ2) is 11.1. The van der Waals surface area contributed by atoms with E-state index in [2.05, 4.69) is 32.5 Å². The summed E-state index contributed by atoms with van der Waals surface area (Å²) in [6, 6.07) is 9.67. The highest BCUT2D eigenvalue weighted by molar-refractivity contribution is 14.0. The first-order valence-corrected chi connectivity index (χ1v) is 8.42. The summed E-state index contributed by atoms with van der Waals surface area (Å²) >= 11 is 1.69. The van der Waals surface area contributed by atoms with Gasteiger partial charge in [-0.25, -0.2) is 0 Å². The van der Waals surface area contributed by atoms with Crippen LogP contribution in [-0.2, 0) is 6.54 Å². The number of guanidine groups is 1. The molecule has 2 N–H and O–H groups in total. The molecule has 7 heteroatoms. The van der Waals surface area contributed by atoms with Crippen molar-refractivity contribution in [2.45, 2.75) is 19.6 Å². The summed E-state index contributed by atoms with van der Waals surface area (Å²) in [6.07, 6.45) is 0.0168. The van der Waals surface area contributed by atoms with Gasteiger partial charge in [-0.2, -0.15) is 11.3 Å². The van der Waals surface area contributed by atoms with Gasteiger partial charge in [0.1, 0.15) is 17.6 Å². The summed E-state index contributed by atoms with van der Waals surface area (Å²) < 4.78 is 11.0. The Morgan fingerprint density at radius 3 is 2.46 bits per heavy atom. The SMILES string of the molecule is CN=C(NCc1ccsc1)NCC(C)Oc1ccc(OC)cc1.I. The molecule has 1 heterocycles. The quantitative estimate of drug-likeness (QED) is 0.377. The van der Waals surface area contributed by atoms with Gasteiger partial charge in [-0.1, -0.05) is 0 Å². The zero-order chi connectivity index (χ0) is 16.5. The minimum atomic E-state index is 0. The molecular formula is C17H24IN3O2S. The number of aliphatic imine (C=N–C) groups is 1. The minimum absolute atomic E-state index is 0. The number of benzene rings is 1. The number of nitrogens with one attached hydrogen (secondary N) is 2. The van der Waals surface area contributed by atoms with Gasteiger partial charge in [0.2, 0.25) is 0 Å². The zero-order valence-corrected chi connectivity index (χ0v) is 17.3. The van der Waals surface area contributed by atoms with Gasteiger partial charge in [-0.15, -0.1) is 24.0 Å². The fourth-order valence-electron chi connectivity index (χ4n) is 1.97. The Hall–Kier alpha value is -1.48. The molecule has 2 rings (SSSR count). The van der Waals surface area contributed by atoms with E-state index >= 15 is 0 Å². The van der Waals surface area contributed by atoms with Crippen LogP contribution in [-0.4, -0.2) is 32.8 Å². The van der Waals surface area contributed by atoms with Gasteiger partial charge in [0.15, 0.2) is 5.96 Å². The summed E-state index contributed by atoms with van der Waals surface area (Å²) in [5.74, 6) is 2.41. The number of methoxy groups -OCH3 is 1. The van der Waals surface area contributed by atoms with Crippen LogP contribution in [0.4, 0.5) is 0 Å². The van der Waals surface area contributed by atoms with Crippen LogP contribution in [0, 0.1) is 0 Å². The Labute approximate surface area is 164 Å². The van der Waals surface area contributed by atoms with E-state index in [0.29, 0.717) is 6.54 Å². The van der Waals surface area contributed by atoms with Crippen LogP contribution in [0.2, 0.25) is 0 Å². The monoisotopic (exact) mass is 461 g/mol. The molecular weight excluding hydrogens is 437 g/mol. The standard InChI is InChI=1S/C17H23N3O2S.HI/c1-13(22-16-6-4-15(21-3)5-7-16)10-19-17(18-2)20-11-14-8-9-23-12-14;/h4-9,12-13H,10-11H2,1-3H3,(H2,18,19,20);1H. The highest BCUT2D eigenvalue weighted by Gasteiger charge is 2.06. The number of halogens is 1. The largest absolute Gasteiger partial charge is 0.497 e. The molecule has 0 saturated heterocycles. The number of hydrogen-bond acceptors (Lipinski definition) is 4. The third-order valence-electron chi connectivity index (χ3n) is 3.22. The van der Waals surface area contributed by atoms with Crippen LogP contribution in [0.25, 0.3) is 0 Å². The predicted molar refractivity (Wildman–Crippen MR) is 111 cm³/mol. The van der Waals surface area contributed by atoms with Gasteiger partial charge in [0.25, 0.3) is 0 Å². The van der Waals surface area contributed by atoms with Crippen LogP contribution in [0.15, 0.2) is 46.1 Å². The fraction of sp³-hybridized carbons (Fsp3) is 0.353. The lowest BCUT2D eigenvalue weighted by molar-refractivity contribution is 0.223. The van der Waals surface area contributed by atoms with Gasteiger partial charge < -0.3 is 20.1 Å². The van der Waals surface area contributed by atoms with Gasteiger partial charge >= 0.3 is 0 Å². The Kier molecular flexibility index (Phi) is 9.55. The summed E-state index contributed by atoms with van der Waals surface area (Å²) in [4.78, 5) is 4.21. The summed E-state index contributed by atoms with van der Waals surface area (Å²) in [5, 5.41) is 10.7. The molecule has 2 aromatic rings. The number of thiophene rings is 1. The lowest BCUT2D eigenvalue weighted by atomic mass is 10.3. The molecule has 0 amide bonds. The number of rotatable bonds is 7. The fourth-order valence-corrected chi connectivity index (χ4v) is 2.64. The molecule has 0 aliphatic rings. The van der Waals surface area contributed by atoms with Crippen molar-refractivity contribution >= 4 is 41.3 Å². The van der Waals surface area contributed by atoms with E-state index in [9.17, 15) is 0 Å². The lowest BCUT2D eigenvalue weighted by Crippen LogP contribution is -2.41. The Morgan fingerprint density at radius 2 is 1.88 bits per heavy atom. The number of ether oxygens (including phenoxy) is 2. The first-order chi connectivity index (χ1) is 11.2. The van der Waals surface area contributed by atoms with E-state index in [1.54, 1.807) is 25.5 Å². The second-order valence-electron chi connectivity index (χ2n) is 5.04. The maximum atomic E-state index is 5.86. The predicted octanol–water partition coefficient (Wildman–Crippen LogP) is 3.51. The van der Waals surface area contributed by atoms with Crippen molar-refractivity contribution in [1.29, 1.82) is 0 Å². The molecule has 24 heavy (non-hydrogen) atoms. The minimum Gasteiger partial charge on any atom is -0.497 e. The first-order valence-electron chi connectivity index (χ1n) is 7.47. The molecule has 5 nitrogen and oxygen atoms in total. The van der Waals surface area contributed by atoms with Crippen molar-refractivity contribution in [3.05, 3.63) is 46.7 Å². The summed E-state index contributed by atoms with van der Waals surface area (Å²) in [6.45, 7) is 3.44. The van der Waals surface area contributed by atoms with Crippen molar-refractivity contribution in [3.63, 3.8) is 0 Å². The van der Waals surface area contributed by atoms with Crippen molar-refractivity contribution in [1.82, 2.24) is 10.6 Å². The van der Waals surface area contributed by atoms with Crippen molar-refractivity contribution in [2.24, 2.45) is 4.99 Å². The smallest absolute Gasteiger partial charge is 0.191 e. The molecule has 1 atom stereocenters. The Bertz CT molecular complexity index is 603. The average Bonchev–Trinajstić information content (AvgIpc) is 3.09. The van der Waals surface area contributed by atoms with Gasteiger partial charge in [-0.05, 0) is 53.6 Å². The van der Waals surface area contributed by atoms with Gasteiger partial charge in [0, 0.05) is 13.6 Å². The van der Waals surface area contributed by atoms with Crippen molar-refractivity contribution in [3.8, 4) is 11.5 Å². The molecule has 0 aliphatic heterocycles. The third kappa shape index (κ3) is 6.96. The molecule has 0 saturated carbocycles. The molecule has 0 bridgehead atoms. The van der Waals surface area contributed by atoms with Gasteiger partial charge in [-0.3, -0.25) is 4.99 Å². The van der Waals surface area contributed by atoms with E-state index in [1.165, 1.54) is 5.56 Å². The van der Waals surface area contributed by atoms with Crippen molar-refractivity contribution < 1.29 is 9.47 Å². The molecule has 0 spiro atoms. The van der Waals surface area contributed by atoms with Crippen LogP contribution in [0.1, 0.15) is 12.5 Å². The molecule has 1 unspecified atom stereocenters. The average molecular weight is 461 g/mol. The van der Waals surface area contributed by atoms with E-state index in [4.69, 9.17) is 9.47 Å². The van der Waals surface area contributed by atoms with Crippen molar-refractivity contribution in [2.75, 3.05) is 20.7 Å². The maximum absolute atomic E-state index is 5.86. The highest BCUT2D eigenvalue weighted by atomic mass is 127. The Morgan fingerprint density at radius 1 is 1.17 bits per heavy atom.